The van der Waals surface area contributed by atoms with E-state index in [9.17, 15) is 9.59 Å². The molecule has 0 atom stereocenters. The number of benzene rings is 2. The van der Waals surface area contributed by atoms with Crippen LogP contribution in [0.25, 0.3) is 6.08 Å². The lowest BCUT2D eigenvalue weighted by Crippen LogP contribution is -2.45. The molecule has 150 valence electrons. The first kappa shape index (κ1) is 21.1. The molecule has 29 heavy (non-hydrogen) atoms. The highest BCUT2D eigenvalue weighted by molar-refractivity contribution is 8.26. The second kappa shape index (κ2) is 9.71. The lowest BCUT2D eigenvalue weighted by molar-refractivity contribution is -0.123. The summed E-state index contributed by atoms with van der Waals surface area (Å²) in [6, 6.07) is 14.7. The van der Waals surface area contributed by atoms with Gasteiger partial charge in [-0.2, -0.15) is 5.01 Å². The lowest BCUT2D eigenvalue weighted by Gasteiger charge is -2.16. The molecule has 0 aromatic heterocycles. The van der Waals surface area contributed by atoms with Gasteiger partial charge in [0.05, 0.1) is 11.5 Å². The highest BCUT2D eigenvalue weighted by atomic mass is 32.2. The number of amides is 2. The Kier molecular flexibility index (Phi) is 7.06. The number of hydrazine groups is 1. The first-order valence-corrected chi connectivity index (χ1v) is 10.6. The van der Waals surface area contributed by atoms with E-state index < -0.39 is 0 Å². The van der Waals surface area contributed by atoms with Gasteiger partial charge in [-0.15, -0.1) is 0 Å². The van der Waals surface area contributed by atoms with Crippen LogP contribution in [0.1, 0.15) is 41.3 Å². The first-order valence-electron chi connectivity index (χ1n) is 9.37. The maximum absolute atomic E-state index is 12.8. The summed E-state index contributed by atoms with van der Waals surface area (Å²) in [5.74, 6) is 0.0433. The van der Waals surface area contributed by atoms with Crippen LogP contribution in [0.15, 0.2) is 53.4 Å². The number of thioether (sulfide) groups is 1. The number of aryl methyl sites for hydroxylation is 1. The molecule has 0 spiro atoms. The average molecular weight is 427 g/mol. The zero-order valence-electron chi connectivity index (χ0n) is 16.3. The molecule has 5 nitrogen and oxygen atoms in total. The fourth-order valence-corrected chi connectivity index (χ4v) is 3.91. The molecule has 0 aliphatic carbocycles. The second-order valence-corrected chi connectivity index (χ2v) is 8.22. The van der Waals surface area contributed by atoms with Gasteiger partial charge in [-0.1, -0.05) is 55.4 Å². The zero-order chi connectivity index (χ0) is 20.8. The van der Waals surface area contributed by atoms with Crippen molar-refractivity contribution < 1.29 is 14.3 Å². The number of ether oxygens (including phenoxy) is 1. The van der Waals surface area contributed by atoms with Crippen LogP contribution in [0.3, 0.4) is 0 Å². The molecule has 1 aliphatic rings. The number of hydrogen-bond acceptors (Lipinski definition) is 5. The van der Waals surface area contributed by atoms with E-state index in [1.54, 1.807) is 18.2 Å². The van der Waals surface area contributed by atoms with Gasteiger partial charge in [-0.05, 0) is 61.0 Å². The van der Waals surface area contributed by atoms with Crippen molar-refractivity contribution in [2.45, 2.75) is 26.7 Å². The monoisotopic (exact) mass is 426 g/mol. The fourth-order valence-electron chi connectivity index (χ4n) is 2.73. The van der Waals surface area contributed by atoms with Crippen LogP contribution in [-0.2, 0) is 4.79 Å². The molecule has 3 rings (SSSR count). The van der Waals surface area contributed by atoms with Gasteiger partial charge in [0.1, 0.15) is 5.75 Å². The summed E-state index contributed by atoms with van der Waals surface area (Å²) in [5.41, 5.74) is 4.78. The quantitative estimate of drug-likeness (QED) is 0.394. The van der Waals surface area contributed by atoms with Crippen LogP contribution in [-0.4, -0.2) is 27.8 Å². The number of nitrogens with zero attached hydrogens (tertiary/aromatic N) is 1. The van der Waals surface area contributed by atoms with E-state index in [0.717, 1.165) is 46.5 Å². The molecule has 2 aromatic rings. The predicted octanol–water partition coefficient (Wildman–Crippen LogP) is 4.72. The van der Waals surface area contributed by atoms with Crippen molar-refractivity contribution in [1.29, 1.82) is 0 Å². The molecule has 1 fully saturated rings. The Labute approximate surface area is 180 Å². The summed E-state index contributed by atoms with van der Waals surface area (Å²) in [5, 5.41) is 1.13. The lowest BCUT2D eigenvalue weighted by atomic mass is 10.1. The van der Waals surface area contributed by atoms with Crippen molar-refractivity contribution in [2.24, 2.45) is 0 Å². The van der Waals surface area contributed by atoms with Gasteiger partial charge in [0, 0.05) is 5.56 Å². The van der Waals surface area contributed by atoms with Crippen LogP contribution >= 0.6 is 24.0 Å². The molecule has 7 heteroatoms. The van der Waals surface area contributed by atoms with E-state index in [0.29, 0.717) is 21.4 Å². The highest BCUT2D eigenvalue weighted by Crippen LogP contribution is 2.32. The third-order valence-electron chi connectivity index (χ3n) is 4.32. The summed E-state index contributed by atoms with van der Waals surface area (Å²) in [6.07, 6.45) is 3.81. The molecule has 0 unspecified atom stereocenters. The van der Waals surface area contributed by atoms with Crippen LogP contribution in [0, 0.1) is 6.92 Å². The molecule has 1 aliphatic heterocycles. The van der Waals surface area contributed by atoms with Crippen LogP contribution in [0.2, 0.25) is 0 Å². The third-order valence-corrected chi connectivity index (χ3v) is 5.62. The van der Waals surface area contributed by atoms with Crippen molar-refractivity contribution in [3.63, 3.8) is 0 Å². The third kappa shape index (κ3) is 5.25. The van der Waals surface area contributed by atoms with Gasteiger partial charge in [-0.3, -0.25) is 15.0 Å². The molecule has 2 amide bonds. The number of rotatable bonds is 7. The summed E-state index contributed by atoms with van der Waals surface area (Å²) in [7, 11) is 0. The Morgan fingerprint density at radius 1 is 1.24 bits per heavy atom. The Morgan fingerprint density at radius 2 is 2.03 bits per heavy atom. The Morgan fingerprint density at radius 3 is 2.79 bits per heavy atom. The zero-order valence-corrected chi connectivity index (χ0v) is 17.9. The van der Waals surface area contributed by atoms with Crippen LogP contribution in [0.4, 0.5) is 0 Å². The summed E-state index contributed by atoms with van der Waals surface area (Å²) in [4.78, 5) is 25.8. The molecule has 1 N–H and O–H groups in total. The van der Waals surface area contributed by atoms with E-state index in [-0.39, 0.29) is 11.8 Å². The predicted molar refractivity (Wildman–Crippen MR) is 121 cm³/mol. The van der Waals surface area contributed by atoms with Gasteiger partial charge in [-0.25, -0.2) is 0 Å². The van der Waals surface area contributed by atoms with E-state index in [1.165, 1.54) is 0 Å². The SMILES string of the molecule is CCCCOc1cccc(/C=C2/SC(=S)N(NC(=O)c3ccccc3C)C2=O)c1. The van der Waals surface area contributed by atoms with Gasteiger partial charge >= 0.3 is 0 Å². The topological polar surface area (TPSA) is 58.6 Å². The van der Waals surface area contributed by atoms with E-state index in [4.69, 9.17) is 17.0 Å². The number of nitrogens with one attached hydrogen (secondary N) is 1. The minimum absolute atomic E-state index is 0.290. The van der Waals surface area contributed by atoms with Crippen molar-refractivity contribution >= 4 is 46.2 Å². The first-order chi connectivity index (χ1) is 14.0. The summed E-state index contributed by atoms with van der Waals surface area (Å²) >= 11 is 6.46. The number of carbonyl (C=O) groups is 2. The molecule has 0 saturated carbocycles. The van der Waals surface area contributed by atoms with Gasteiger partial charge in [0.2, 0.25) is 0 Å². The molecular formula is C22H22N2O3S2. The second-order valence-electron chi connectivity index (χ2n) is 6.55. The van der Waals surface area contributed by atoms with Crippen LogP contribution in [0.5, 0.6) is 5.75 Å². The molecule has 2 aromatic carbocycles. The minimum atomic E-state index is -0.369. The van der Waals surface area contributed by atoms with E-state index in [1.807, 2.05) is 43.3 Å². The summed E-state index contributed by atoms with van der Waals surface area (Å²) in [6.45, 7) is 4.61. The molecular weight excluding hydrogens is 404 g/mol. The van der Waals surface area contributed by atoms with Gasteiger partial charge in [0.15, 0.2) is 4.32 Å². The van der Waals surface area contributed by atoms with Gasteiger partial charge in [0.25, 0.3) is 11.8 Å². The van der Waals surface area contributed by atoms with Crippen molar-refractivity contribution in [3.8, 4) is 5.75 Å². The molecule has 0 radical (unpaired) electrons. The molecule has 1 heterocycles. The van der Waals surface area contributed by atoms with Crippen molar-refractivity contribution in [3.05, 3.63) is 70.1 Å². The number of unbranched alkanes of at least 4 members (excludes halogenated alkanes) is 1. The number of thiocarbonyl (C=S) groups is 1. The van der Waals surface area contributed by atoms with Crippen molar-refractivity contribution in [1.82, 2.24) is 10.4 Å². The van der Waals surface area contributed by atoms with E-state index in [2.05, 4.69) is 12.3 Å². The Balaban J connectivity index is 1.72. The fraction of sp³-hybridized carbons (Fsp3) is 0.227. The number of carbonyl (C=O) groups excluding carboxylic acids is 2. The summed E-state index contributed by atoms with van der Waals surface area (Å²) < 4.78 is 6.01. The van der Waals surface area contributed by atoms with E-state index >= 15 is 0 Å². The largest absolute Gasteiger partial charge is 0.494 e. The van der Waals surface area contributed by atoms with Crippen LogP contribution < -0.4 is 10.2 Å². The molecule has 0 bridgehead atoms. The average Bonchev–Trinajstić information content (AvgIpc) is 2.96. The Bertz CT molecular complexity index is 972. The van der Waals surface area contributed by atoms with Crippen molar-refractivity contribution in [2.75, 3.05) is 6.61 Å². The number of hydrogen-bond donors (Lipinski definition) is 1. The standard InChI is InChI=1S/C22H22N2O3S2/c1-3-4-12-27-17-10-7-9-16(13-17)14-19-21(26)24(22(28)29-19)23-20(25)18-11-6-5-8-15(18)2/h5-11,13-14H,3-4,12H2,1-2H3,(H,23,25)/b19-14+. The Hall–Kier alpha value is -2.64. The van der Waals surface area contributed by atoms with Gasteiger partial charge < -0.3 is 4.74 Å². The normalized spacial score (nSPS) is 15.1. The smallest absolute Gasteiger partial charge is 0.285 e. The maximum atomic E-state index is 12.8. The maximum Gasteiger partial charge on any atom is 0.285 e. The molecule has 1 saturated heterocycles. The minimum Gasteiger partial charge on any atom is -0.494 e. The highest BCUT2D eigenvalue weighted by Gasteiger charge is 2.34.